The van der Waals surface area contributed by atoms with Crippen molar-refractivity contribution in [1.29, 1.82) is 0 Å². The summed E-state index contributed by atoms with van der Waals surface area (Å²) in [5.74, 6) is 0. The molecule has 18 heavy (non-hydrogen) atoms. The highest BCUT2D eigenvalue weighted by Gasteiger charge is 2.13. The molecule has 0 aliphatic heterocycles. The second-order valence-electron chi connectivity index (χ2n) is 4.67. The molecule has 0 unspecified atom stereocenters. The molecule has 0 saturated carbocycles. The molecule has 1 aromatic carbocycles. The zero-order chi connectivity index (χ0) is 12.9. The lowest BCUT2D eigenvalue weighted by atomic mass is 10.1. The van der Waals surface area contributed by atoms with Crippen LogP contribution in [0.5, 0.6) is 0 Å². The van der Waals surface area contributed by atoms with E-state index in [9.17, 15) is 0 Å². The molecule has 3 rings (SSSR count). The van der Waals surface area contributed by atoms with E-state index in [1.54, 1.807) is 0 Å². The van der Waals surface area contributed by atoms with Gasteiger partial charge in [-0.2, -0.15) is 17.5 Å². The van der Waals surface area contributed by atoms with Crippen molar-refractivity contribution < 1.29 is 0 Å². The molecule has 0 saturated heterocycles. The van der Waals surface area contributed by atoms with Crippen molar-refractivity contribution in [3.05, 3.63) is 10.4 Å². The fourth-order valence-corrected chi connectivity index (χ4v) is 3.32. The van der Waals surface area contributed by atoms with Gasteiger partial charge in [-0.3, -0.25) is 0 Å². The Morgan fingerprint density at radius 1 is 0.611 bits per heavy atom. The van der Waals surface area contributed by atoms with Gasteiger partial charge in [0.15, 0.2) is 0 Å². The fraction of sp³-hybridized carbons (Fsp3) is 0.333. The van der Waals surface area contributed by atoms with Gasteiger partial charge in [-0.1, -0.05) is 11.1 Å². The summed E-state index contributed by atoms with van der Waals surface area (Å²) in [7, 11) is 0. The average molecular weight is 276 g/mol. The largest absolute Gasteiger partial charge is 0.172 e. The number of aromatic nitrogens is 4. The van der Waals surface area contributed by atoms with E-state index in [4.69, 9.17) is 0 Å². The van der Waals surface area contributed by atoms with Crippen LogP contribution in [0.4, 0.5) is 0 Å². The third-order valence-electron chi connectivity index (χ3n) is 2.92. The van der Waals surface area contributed by atoms with Gasteiger partial charge in [-0.25, -0.2) is 0 Å². The van der Waals surface area contributed by atoms with Crippen molar-refractivity contribution in [1.82, 2.24) is 17.5 Å². The van der Waals surface area contributed by atoms with Gasteiger partial charge in [0.1, 0.15) is 22.1 Å². The Morgan fingerprint density at radius 3 is 1.11 bits per heavy atom. The molecule has 0 radical (unpaired) electrons. The van der Waals surface area contributed by atoms with Crippen molar-refractivity contribution >= 4 is 56.7 Å². The van der Waals surface area contributed by atoms with Gasteiger partial charge < -0.3 is 0 Å². The molecule has 0 fully saturated rings. The average Bonchev–Trinajstić information content (AvgIpc) is 2.91. The van der Waals surface area contributed by atoms with Crippen LogP contribution in [0.2, 0.25) is 0 Å². The van der Waals surface area contributed by atoms with Crippen LogP contribution < -0.4 is 10.4 Å². The summed E-state index contributed by atoms with van der Waals surface area (Å²) >= 11 is 2.50. The minimum atomic E-state index is 0.955. The van der Waals surface area contributed by atoms with E-state index in [0.717, 1.165) is 32.5 Å². The molecule has 3 aromatic rings. The Balaban J connectivity index is 2.87. The molecule has 0 atom stereocenters. The summed E-state index contributed by atoms with van der Waals surface area (Å²) in [6, 6.07) is 0. The molecule has 2 heterocycles. The Hall–Kier alpha value is -1.40. The van der Waals surface area contributed by atoms with E-state index < -0.39 is 0 Å². The smallest absolute Gasteiger partial charge is 0.114 e. The normalized spacial score (nSPS) is 11.3. The van der Waals surface area contributed by atoms with E-state index in [2.05, 4.69) is 45.2 Å². The minimum Gasteiger partial charge on any atom is -0.172 e. The molecule has 6 heteroatoms. The van der Waals surface area contributed by atoms with Crippen LogP contribution in [-0.2, 0) is 0 Å². The van der Waals surface area contributed by atoms with Gasteiger partial charge in [0.05, 0.1) is 23.5 Å². The fourth-order valence-electron chi connectivity index (χ4n) is 2.20. The van der Waals surface area contributed by atoms with Crippen LogP contribution in [-0.4, -0.2) is 17.5 Å². The van der Waals surface area contributed by atoms with Gasteiger partial charge in [0.25, 0.3) is 0 Å². The quantitative estimate of drug-likeness (QED) is 0.631. The van der Waals surface area contributed by atoms with Crippen molar-refractivity contribution in [2.75, 3.05) is 0 Å². The summed E-state index contributed by atoms with van der Waals surface area (Å²) in [4.78, 5) is 0. The first-order valence-electron chi connectivity index (χ1n) is 5.62. The molecule has 0 amide bonds. The van der Waals surface area contributed by atoms with Crippen LogP contribution in [0.1, 0.15) is 27.7 Å². The second kappa shape index (κ2) is 4.07. The first-order valence-corrected chi connectivity index (χ1v) is 7.09. The Bertz CT molecular complexity index is 738. The summed E-state index contributed by atoms with van der Waals surface area (Å²) in [5.41, 5.74) is 6.22. The SMILES string of the molecule is CC(C)=c1c2nsnc2c(=C(C)C)c2nsnc12. The van der Waals surface area contributed by atoms with Crippen LogP contribution >= 0.6 is 23.5 Å². The highest BCUT2D eigenvalue weighted by Crippen LogP contribution is 2.13. The van der Waals surface area contributed by atoms with E-state index in [1.807, 2.05) is 0 Å². The Labute approximate surface area is 112 Å². The maximum Gasteiger partial charge on any atom is 0.114 e. The first kappa shape index (κ1) is 11.7. The molecule has 0 spiro atoms. The highest BCUT2D eigenvalue weighted by atomic mass is 32.1. The van der Waals surface area contributed by atoms with Crippen LogP contribution in [0, 0.1) is 0 Å². The third-order valence-corrected chi connectivity index (χ3v) is 3.98. The Morgan fingerprint density at radius 2 is 0.889 bits per heavy atom. The van der Waals surface area contributed by atoms with Crippen LogP contribution in [0.3, 0.4) is 0 Å². The van der Waals surface area contributed by atoms with Crippen molar-refractivity contribution in [2.45, 2.75) is 27.7 Å². The first-order chi connectivity index (χ1) is 8.61. The zero-order valence-electron chi connectivity index (χ0n) is 10.6. The van der Waals surface area contributed by atoms with Gasteiger partial charge in [0, 0.05) is 10.4 Å². The van der Waals surface area contributed by atoms with Crippen molar-refractivity contribution in [2.24, 2.45) is 0 Å². The van der Waals surface area contributed by atoms with E-state index in [0.29, 0.717) is 0 Å². The molecule has 0 N–H and O–H groups in total. The number of hydrogen-bond donors (Lipinski definition) is 0. The minimum absolute atomic E-state index is 0.955. The predicted molar refractivity (Wildman–Crippen MR) is 77.2 cm³/mol. The van der Waals surface area contributed by atoms with E-state index in [1.165, 1.54) is 34.6 Å². The summed E-state index contributed by atoms with van der Waals surface area (Å²) in [6.45, 7) is 8.31. The summed E-state index contributed by atoms with van der Waals surface area (Å²) < 4.78 is 17.8. The molecule has 0 aliphatic rings. The van der Waals surface area contributed by atoms with Crippen LogP contribution in [0.15, 0.2) is 0 Å². The van der Waals surface area contributed by atoms with Crippen molar-refractivity contribution in [3.63, 3.8) is 0 Å². The highest BCUT2D eigenvalue weighted by molar-refractivity contribution is 7.00. The topological polar surface area (TPSA) is 51.6 Å². The van der Waals surface area contributed by atoms with Gasteiger partial charge in [-0.05, 0) is 27.7 Å². The predicted octanol–water partition coefficient (Wildman–Crippen LogP) is 2.08. The number of rotatable bonds is 0. The third kappa shape index (κ3) is 1.49. The number of benzene rings is 1. The molecule has 2 aromatic heterocycles. The van der Waals surface area contributed by atoms with Gasteiger partial charge >= 0.3 is 0 Å². The maximum absolute atomic E-state index is 4.45. The number of nitrogens with zero attached hydrogens (tertiary/aromatic N) is 4. The maximum atomic E-state index is 4.45. The zero-order valence-corrected chi connectivity index (χ0v) is 12.2. The number of fused-ring (bicyclic) bond motifs is 2. The van der Waals surface area contributed by atoms with Crippen molar-refractivity contribution in [3.8, 4) is 0 Å². The molecule has 0 aliphatic carbocycles. The molecule has 92 valence electrons. The summed E-state index contributed by atoms with van der Waals surface area (Å²) in [5, 5.41) is 2.18. The van der Waals surface area contributed by atoms with Gasteiger partial charge in [0.2, 0.25) is 0 Å². The molecular formula is C12H12N4S2. The lowest BCUT2D eigenvalue weighted by molar-refractivity contribution is 1.46. The van der Waals surface area contributed by atoms with Crippen LogP contribution in [0.25, 0.3) is 33.2 Å². The molecule has 4 nitrogen and oxygen atoms in total. The summed E-state index contributed by atoms with van der Waals surface area (Å²) in [6.07, 6.45) is 0. The Kier molecular flexibility index (Phi) is 2.64. The molecule has 0 bridgehead atoms. The monoisotopic (exact) mass is 276 g/mol. The lowest BCUT2D eigenvalue weighted by Crippen LogP contribution is -2.17. The van der Waals surface area contributed by atoms with E-state index >= 15 is 0 Å². The lowest BCUT2D eigenvalue weighted by Gasteiger charge is -1.98. The van der Waals surface area contributed by atoms with E-state index in [-0.39, 0.29) is 0 Å². The second-order valence-corrected chi connectivity index (χ2v) is 5.73. The number of hydrogen-bond acceptors (Lipinski definition) is 6. The molecular weight excluding hydrogens is 264 g/mol. The van der Waals surface area contributed by atoms with Gasteiger partial charge in [-0.15, -0.1) is 0 Å². The standard InChI is InChI=1S/C12H12N4S2/c1-5(2)7-9-11(15-17-13-9)8(6(3)4)12-10(7)14-18-16-12/h1-4H3.